The molecule has 2 unspecified atom stereocenters. The fourth-order valence-corrected chi connectivity index (χ4v) is 2.81. The molecule has 0 amide bonds. The quantitative estimate of drug-likeness (QED) is 0.866. The molecule has 106 valence electrons. The fraction of sp³-hybridized carbons (Fsp3) is 0.600. The molecule has 2 rings (SSSR count). The zero-order valence-electron chi connectivity index (χ0n) is 11.9. The number of anilines is 1. The fourth-order valence-electron chi connectivity index (χ4n) is 2.45. The van der Waals surface area contributed by atoms with Gasteiger partial charge in [-0.25, -0.2) is 0 Å². The van der Waals surface area contributed by atoms with Crippen LogP contribution in [0, 0.1) is 0 Å². The zero-order chi connectivity index (χ0) is 13.7. The molecule has 0 aromatic heterocycles. The van der Waals surface area contributed by atoms with E-state index in [1.807, 2.05) is 6.92 Å². The second-order valence-electron chi connectivity index (χ2n) is 5.26. The maximum atomic E-state index is 11.3. The van der Waals surface area contributed by atoms with E-state index in [1.165, 1.54) is 37.2 Å². The maximum Gasteiger partial charge on any atom is 0.0441 e. The molecule has 1 aliphatic rings. The highest BCUT2D eigenvalue weighted by Gasteiger charge is 2.15. The highest BCUT2D eigenvalue weighted by molar-refractivity contribution is 7.84. The molecule has 1 aliphatic heterocycles. The minimum Gasteiger partial charge on any atom is -0.371 e. The Bertz CT molecular complexity index is 430. The summed E-state index contributed by atoms with van der Waals surface area (Å²) < 4.78 is 11.3. The first-order valence-electron chi connectivity index (χ1n) is 7.04. The van der Waals surface area contributed by atoms with Gasteiger partial charge in [0.05, 0.1) is 0 Å². The van der Waals surface area contributed by atoms with Gasteiger partial charge in [0.15, 0.2) is 0 Å². The lowest BCUT2D eigenvalue weighted by Gasteiger charge is -2.21. The van der Waals surface area contributed by atoms with E-state index < -0.39 is 10.8 Å². The van der Waals surface area contributed by atoms with E-state index in [-0.39, 0.29) is 5.25 Å². The summed E-state index contributed by atoms with van der Waals surface area (Å²) in [6.45, 7) is 6.03. The van der Waals surface area contributed by atoms with E-state index in [4.69, 9.17) is 0 Å². The molecule has 4 heteroatoms. The molecule has 3 nitrogen and oxygen atoms in total. The van der Waals surface area contributed by atoms with Crippen LogP contribution >= 0.6 is 0 Å². The van der Waals surface area contributed by atoms with Crippen molar-refractivity contribution in [1.29, 1.82) is 0 Å². The van der Waals surface area contributed by atoms with E-state index in [0.29, 0.717) is 0 Å². The summed E-state index contributed by atoms with van der Waals surface area (Å²) in [6.07, 6.45) is 4.37. The molecule has 0 radical (unpaired) electrons. The first-order valence-corrected chi connectivity index (χ1v) is 8.66. The molecule has 1 N–H and O–H groups in total. The monoisotopic (exact) mass is 280 g/mol. The van der Waals surface area contributed by atoms with Crippen molar-refractivity contribution in [3.63, 3.8) is 0 Å². The summed E-state index contributed by atoms with van der Waals surface area (Å²) in [4.78, 5) is 2.47. The largest absolute Gasteiger partial charge is 0.371 e. The summed E-state index contributed by atoms with van der Waals surface area (Å²) in [5, 5.41) is 3.63. The van der Waals surface area contributed by atoms with Gasteiger partial charge in [-0.1, -0.05) is 18.2 Å². The average Bonchev–Trinajstić information content (AvgIpc) is 2.93. The highest BCUT2D eigenvalue weighted by Crippen LogP contribution is 2.24. The molecule has 1 saturated heterocycles. The Morgan fingerprint density at radius 2 is 2.00 bits per heavy atom. The van der Waals surface area contributed by atoms with Gasteiger partial charge in [-0.3, -0.25) is 4.21 Å². The Labute approximate surface area is 118 Å². The molecular weight excluding hydrogens is 256 g/mol. The van der Waals surface area contributed by atoms with Crippen LogP contribution in [0.4, 0.5) is 5.69 Å². The maximum absolute atomic E-state index is 11.3. The predicted molar refractivity (Wildman–Crippen MR) is 83.1 cm³/mol. The topological polar surface area (TPSA) is 32.3 Å². The SMILES string of the molecule is CC(CNCc1ccccc1N1CCCC1)S(C)=O. The summed E-state index contributed by atoms with van der Waals surface area (Å²) in [7, 11) is -0.748. The third-order valence-electron chi connectivity index (χ3n) is 3.75. The molecular formula is C15H24N2OS. The van der Waals surface area contributed by atoms with Crippen molar-refractivity contribution in [2.24, 2.45) is 0 Å². The summed E-state index contributed by atoms with van der Waals surface area (Å²) in [5.41, 5.74) is 2.70. The van der Waals surface area contributed by atoms with Crippen LogP contribution in [-0.4, -0.2) is 35.3 Å². The Morgan fingerprint density at radius 1 is 1.32 bits per heavy atom. The zero-order valence-corrected chi connectivity index (χ0v) is 12.7. The normalized spacial score (nSPS) is 18.5. The molecule has 19 heavy (non-hydrogen) atoms. The number of hydrogen-bond acceptors (Lipinski definition) is 3. The van der Waals surface area contributed by atoms with Crippen molar-refractivity contribution in [2.75, 3.05) is 30.8 Å². The summed E-state index contributed by atoms with van der Waals surface area (Å²) in [5.74, 6) is 0. The molecule has 0 spiro atoms. The number of benzene rings is 1. The smallest absolute Gasteiger partial charge is 0.0441 e. The van der Waals surface area contributed by atoms with E-state index >= 15 is 0 Å². The van der Waals surface area contributed by atoms with Crippen molar-refractivity contribution < 1.29 is 4.21 Å². The average molecular weight is 280 g/mol. The Morgan fingerprint density at radius 3 is 2.68 bits per heavy atom. The van der Waals surface area contributed by atoms with Crippen molar-refractivity contribution in [1.82, 2.24) is 5.32 Å². The number of nitrogens with zero attached hydrogens (tertiary/aromatic N) is 1. The van der Waals surface area contributed by atoms with Gasteiger partial charge in [0.2, 0.25) is 0 Å². The van der Waals surface area contributed by atoms with Crippen molar-refractivity contribution >= 4 is 16.5 Å². The Hall–Kier alpha value is -0.870. The first-order chi connectivity index (χ1) is 9.18. The molecule has 1 heterocycles. The summed E-state index contributed by atoms with van der Waals surface area (Å²) >= 11 is 0. The van der Waals surface area contributed by atoms with Crippen LogP contribution in [-0.2, 0) is 17.3 Å². The van der Waals surface area contributed by atoms with Gasteiger partial charge in [-0.15, -0.1) is 0 Å². The molecule has 2 atom stereocenters. The van der Waals surface area contributed by atoms with Gasteiger partial charge in [0.1, 0.15) is 0 Å². The van der Waals surface area contributed by atoms with Crippen molar-refractivity contribution in [3.05, 3.63) is 29.8 Å². The Balaban J connectivity index is 1.94. The first kappa shape index (κ1) is 14.5. The van der Waals surface area contributed by atoms with Crippen molar-refractivity contribution in [3.8, 4) is 0 Å². The van der Waals surface area contributed by atoms with Gasteiger partial charge in [0, 0.05) is 54.2 Å². The Kier molecular flexibility index (Phi) is 5.40. The number of nitrogens with one attached hydrogen (secondary N) is 1. The lowest BCUT2D eigenvalue weighted by Crippen LogP contribution is -2.28. The molecule has 0 aliphatic carbocycles. The van der Waals surface area contributed by atoms with Gasteiger partial charge in [-0.2, -0.15) is 0 Å². The lowest BCUT2D eigenvalue weighted by molar-refractivity contribution is 0.646. The molecule has 1 fully saturated rings. The molecule has 0 saturated carbocycles. The second-order valence-corrected chi connectivity index (χ2v) is 7.06. The van der Waals surface area contributed by atoms with Crippen LogP contribution in [0.3, 0.4) is 0 Å². The van der Waals surface area contributed by atoms with Crippen LogP contribution in [0.2, 0.25) is 0 Å². The van der Waals surface area contributed by atoms with E-state index in [9.17, 15) is 4.21 Å². The minimum absolute atomic E-state index is 0.207. The van der Waals surface area contributed by atoms with Gasteiger partial charge < -0.3 is 10.2 Å². The number of hydrogen-bond donors (Lipinski definition) is 1. The molecule has 1 aromatic carbocycles. The number of para-hydroxylation sites is 1. The van der Waals surface area contributed by atoms with Gasteiger partial charge >= 0.3 is 0 Å². The second kappa shape index (κ2) is 7.06. The van der Waals surface area contributed by atoms with Gasteiger partial charge in [-0.05, 0) is 31.4 Å². The third kappa shape index (κ3) is 4.05. The highest BCUT2D eigenvalue weighted by atomic mass is 32.2. The van der Waals surface area contributed by atoms with Crippen LogP contribution < -0.4 is 10.2 Å². The third-order valence-corrected chi connectivity index (χ3v) is 5.05. The predicted octanol–water partition coefficient (Wildman–Crippen LogP) is 2.14. The lowest BCUT2D eigenvalue weighted by atomic mass is 10.1. The molecule has 0 bridgehead atoms. The van der Waals surface area contributed by atoms with Crippen LogP contribution in [0.1, 0.15) is 25.3 Å². The van der Waals surface area contributed by atoms with Gasteiger partial charge in [0.25, 0.3) is 0 Å². The van der Waals surface area contributed by atoms with E-state index in [0.717, 1.165) is 13.1 Å². The van der Waals surface area contributed by atoms with Crippen LogP contribution in [0.5, 0.6) is 0 Å². The minimum atomic E-state index is -0.748. The number of rotatable bonds is 6. The van der Waals surface area contributed by atoms with Crippen molar-refractivity contribution in [2.45, 2.75) is 31.6 Å². The standard InChI is InChI=1S/C15H24N2OS/c1-13(19(2)18)11-16-12-14-7-3-4-8-15(14)17-9-5-6-10-17/h3-4,7-8,13,16H,5-6,9-12H2,1-2H3. The van der Waals surface area contributed by atoms with Crippen LogP contribution in [0.25, 0.3) is 0 Å². The van der Waals surface area contributed by atoms with E-state index in [1.54, 1.807) is 6.26 Å². The van der Waals surface area contributed by atoms with E-state index in [2.05, 4.69) is 34.5 Å². The summed E-state index contributed by atoms with van der Waals surface area (Å²) in [6, 6.07) is 8.61. The molecule has 1 aromatic rings. The van der Waals surface area contributed by atoms with Crippen LogP contribution in [0.15, 0.2) is 24.3 Å².